The molecule has 1 amide bonds. The molecule has 1 aromatic rings. The highest BCUT2D eigenvalue weighted by atomic mass is 16.2. The van der Waals surface area contributed by atoms with Crippen LogP contribution in [0.15, 0.2) is 35.3 Å². The van der Waals surface area contributed by atoms with Gasteiger partial charge in [-0.2, -0.15) is 0 Å². The molecule has 1 saturated heterocycles. The Balaban J connectivity index is 1.75. The van der Waals surface area contributed by atoms with E-state index in [-0.39, 0.29) is 12.5 Å². The van der Waals surface area contributed by atoms with Gasteiger partial charge in [-0.3, -0.25) is 4.79 Å². The molecule has 1 aromatic carbocycles. The lowest BCUT2D eigenvalue weighted by Crippen LogP contribution is -2.41. The number of rotatable bonds is 9. The highest BCUT2D eigenvalue weighted by Crippen LogP contribution is 2.12. The molecule has 0 radical (unpaired) electrons. The van der Waals surface area contributed by atoms with Crippen molar-refractivity contribution in [3.05, 3.63) is 30.3 Å². The largest absolute Gasteiger partial charge is 0.372 e. The molecule has 0 aromatic heterocycles. The molecule has 0 bridgehead atoms. The maximum Gasteiger partial charge on any atom is 0.244 e. The van der Waals surface area contributed by atoms with Crippen molar-refractivity contribution >= 4 is 17.6 Å². The normalized spacial score (nSPS) is 14.7. The topological polar surface area (TPSA) is 60.0 Å². The Hall–Kier alpha value is -2.24. The van der Waals surface area contributed by atoms with Gasteiger partial charge in [0.15, 0.2) is 5.96 Å². The number of hydrogen-bond donors (Lipinski definition) is 2. The Labute approximate surface area is 164 Å². The number of likely N-dealkylation sites (tertiary alicyclic amines) is 1. The summed E-state index contributed by atoms with van der Waals surface area (Å²) in [4.78, 5) is 21.1. The number of amides is 1. The van der Waals surface area contributed by atoms with Crippen LogP contribution in [-0.2, 0) is 4.79 Å². The summed E-state index contributed by atoms with van der Waals surface area (Å²) in [5, 5.41) is 6.58. The lowest BCUT2D eigenvalue weighted by atomic mass is 10.1. The van der Waals surface area contributed by atoms with Crippen LogP contribution < -0.4 is 15.5 Å². The van der Waals surface area contributed by atoms with Crippen LogP contribution in [0.25, 0.3) is 0 Å². The van der Waals surface area contributed by atoms with Crippen molar-refractivity contribution in [2.75, 3.05) is 50.7 Å². The Morgan fingerprint density at radius 3 is 2.52 bits per heavy atom. The Kier molecular flexibility index (Phi) is 9.52. The van der Waals surface area contributed by atoms with E-state index in [2.05, 4.69) is 51.7 Å². The fourth-order valence-corrected chi connectivity index (χ4v) is 3.32. The highest BCUT2D eigenvalue weighted by molar-refractivity contribution is 5.85. The van der Waals surface area contributed by atoms with Gasteiger partial charge in [0.05, 0.1) is 0 Å². The number of nitrogens with zero attached hydrogens (tertiary/aromatic N) is 3. The fraction of sp³-hybridized carbons (Fsp3) is 0.619. The van der Waals surface area contributed by atoms with Crippen molar-refractivity contribution in [3.8, 4) is 0 Å². The molecule has 2 N–H and O–H groups in total. The zero-order valence-corrected chi connectivity index (χ0v) is 16.9. The molecular weight excluding hydrogens is 338 g/mol. The molecule has 6 heteroatoms. The number of guanidine groups is 1. The molecule has 1 aliphatic rings. The van der Waals surface area contributed by atoms with Gasteiger partial charge in [-0.1, -0.05) is 18.2 Å². The van der Waals surface area contributed by atoms with Crippen LogP contribution in [0.1, 0.15) is 39.5 Å². The number of benzene rings is 1. The van der Waals surface area contributed by atoms with Gasteiger partial charge in [-0.15, -0.1) is 0 Å². The SMILES string of the molecule is CCNC(=NCC(=O)N1CCCCC1)NCCCN(CC)c1ccccc1. The van der Waals surface area contributed by atoms with Crippen LogP contribution in [0.3, 0.4) is 0 Å². The van der Waals surface area contributed by atoms with Crippen molar-refractivity contribution in [2.45, 2.75) is 39.5 Å². The van der Waals surface area contributed by atoms with Crippen molar-refractivity contribution in [2.24, 2.45) is 4.99 Å². The van der Waals surface area contributed by atoms with Crippen LogP contribution in [-0.4, -0.2) is 62.6 Å². The average Bonchev–Trinajstić information content (AvgIpc) is 2.73. The first-order chi connectivity index (χ1) is 13.2. The third kappa shape index (κ3) is 7.49. The number of para-hydroxylation sites is 1. The van der Waals surface area contributed by atoms with Gasteiger partial charge in [0, 0.05) is 45.0 Å². The van der Waals surface area contributed by atoms with Gasteiger partial charge in [-0.25, -0.2) is 4.99 Å². The molecule has 27 heavy (non-hydrogen) atoms. The molecule has 0 spiro atoms. The number of carbonyl (C=O) groups excluding carboxylic acids is 1. The first kappa shape index (κ1) is 21.1. The number of nitrogens with one attached hydrogen (secondary N) is 2. The number of carbonyl (C=O) groups is 1. The summed E-state index contributed by atoms with van der Waals surface area (Å²) in [6.07, 6.45) is 4.47. The minimum atomic E-state index is 0.133. The summed E-state index contributed by atoms with van der Waals surface area (Å²) in [6.45, 7) is 9.79. The van der Waals surface area contributed by atoms with Gasteiger partial charge >= 0.3 is 0 Å². The molecule has 150 valence electrons. The second-order valence-corrected chi connectivity index (χ2v) is 6.83. The highest BCUT2D eigenvalue weighted by Gasteiger charge is 2.15. The molecule has 1 aliphatic heterocycles. The molecular formula is C21H35N5O. The van der Waals surface area contributed by atoms with Crippen LogP contribution in [0.5, 0.6) is 0 Å². The molecule has 1 heterocycles. The third-order valence-corrected chi connectivity index (χ3v) is 4.83. The summed E-state index contributed by atoms with van der Waals surface area (Å²) in [5.41, 5.74) is 1.26. The minimum Gasteiger partial charge on any atom is -0.372 e. The van der Waals surface area contributed by atoms with Crippen LogP contribution in [0, 0.1) is 0 Å². The molecule has 0 aliphatic carbocycles. The van der Waals surface area contributed by atoms with Gasteiger partial charge < -0.3 is 20.4 Å². The predicted molar refractivity (Wildman–Crippen MR) is 113 cm³/mol. The first-order valence-electron chi connectivity index (χ1n) is 10.3. The van der Waals surface area contributed by atoms with E-state index in [9.17, 15) is 4.79 Å². The quantitative estimate of drug-likeness (QED) is 0.397. The Morgan fingerprint density at radius 2 is 1.85 bits per heavy atom. The van der Waals surface area contributed by atoms with E-state index >= 15 is 0 Å². The van der Waals surface area contributed by atoms with Crippen molar-refractivity contribution in [1.29, 1.82) is 0 Å². The van der Waals surface area contributed by atoms with Gasteiger partial charge in [-0.05, 0) is 51.7 Å². The molecule has 0 atom stereocenters. The molecule has 2 rings (SSSR count). The molecule has 0 saturated carbocycles. The monoisotopic (exact) mass is 373 g/mol. The molecule has 0 unspecified atom stereocenters. The predicted octanol–water partition coefficient (Wildman–Crippen LogP) is 2.47. The minimum absolute atomic E-state index is 0.133. The van der Waals surface area contributed by atoms with E-state index in [1.54, 1.807) is 0 Å². The maximum absolute atomic E-state index is 12.3. The number of piperidine rings is 1. The number of aliphatic imine (C=N–C) groups is 1. The lowest BCUT2D eigenvalue weighted by molar-refractivity contribution is -0.130. The average molecular weight is 374 g/mol. The Bertz CT molecular complexity index is 569. The number of anilines is 1. The fourth-order valence-electron chi connectivity index (χ4n) is 3.32. The summed E-state index contributed by atoms with van der Waals surface area (Å²) in [7, 11) is 0. The second-order valence-electron chi connectivity index (χ2n) is 6.83. The van der Waals surface area contributed by atoms with E-state index in [0.29, 0.717) is 0 Å². The summed E-state index contributed by atoms with van der Waals surface area (Å²) >= 11 is 0. The van der Waals surface area contributed by atoms with E-state index in [0.717, 1.165) is 64.5 Å². The standard InChI is InChI=1S/C21H35N5O/c1-3-22-21(24-18-20(27)26-15-9-6-10-16-26)23-14-11-17-25(4-2)19-12-7-5-8-13-19/h5,7-8,12-13H,3-4,6,9-11,14-18H2,1-2H3,(H2,22,23,24). The van der Waals surface area contributed by atoms with Crippen molar-refractivity contribution in [1.82, 2.24) is 15.5 Å². The Morgan fingerprint density at radius 1 is 1.11 bits per heavy atom. The van der Waals surface area contributed by atoms with Crippen LogP contribution in [0.4, 0.5) is 5.69 Å². The molecule has 1 fully saturated rings. The maximum atomic E-state index is 12.3. The van der Waals surface area contributed by atoms with Crippen LogP contribution in [0.2, 0.25) is 0 Å². The smallest absolute Gasteiger partial charge is 0.244 e. The van der Waals surface area contributed by atoms with Gasteiger partial charge in [0.25, 0.3) is 0 Å². The van der Waals surface area contributed by atoms with Crippen molar-refractivity contribution < 1.29 is 4.79 Å². The van der Waals surface area contributed by atoms with Crippen LogP contribution >= 0.6 is 0 Å². The zero-order chi connectivity index (χ0) is 19.3. The van der Waals surface area contributed by atoms with Gasteiger partial charge in [0.2, 0.25) is 5.91 Å². The number of hydrogen-bond acceptors (Lipinski definition) is 3. The van der Waals surface area contributed by atoms with Crippen molar-refractivity contribution in [3.63, 3.8) is 0 Å². The van der Waals surface area contributed by atoms with E-state index in [4.69, 9.17) is 0 Å². The van der Waals surface area contributed by atoms with E-state index in [1.165, 1.54) is 12.1 Å². The lowest BCUT2D eigenvalue weighted by Gasteiger charge is -2.26. The summed E-state index contributed by atoms with van der Waals surface area (Å²) in [5.74, 6) is 0.860. The van der Waals surface area contributed by atoms with E-state index in [1.807, 2.05) is 17.9 Å². The molecule has 6 nitrogen and oxygen atoms in total. The van der Waals surface area contributed by atoms with Gasteiger partial charge in [0.1, 0.15) is 6.54 Å². The van der Waals surface area contributed by atoms with E-state index < -0.39 is 0 Å². The second kappa shape index (κ2) is 12.2. The summed E-state index contributed by atoms with van der Waals surface area (Å²) < 4.78 is 0. The summed E-state index contributed by atoms with van der Waals surface area (Å²) in [6, 6.07) is 10.5. The third-order valence-electron chi connectivity index (χ3n) is 4.83. The zero-order valence-electron chi connectivity index (χ0n) is 16.9. The first-order valence-corrected chi connectivity index (χ1v) is 10.3.